The van der Waals surface area contributed by atoms with Crippen LogP contribution in [0.4, 0.5) is 5.69 Å². The van der Waals surface area contributed by atoms with E-state index in [0.29, 0.717) is 11.7 Å². The van der Waals surface area contributed by atoms with Crippen molar-refractivity contribution in [3.8, 4) is 6.07 Å². The van der Waals surface area contributed by atoms with Gasteiger partial charge in [0.25, 0.3) is 5.91 Å². The monoisotopic (exact) mass is 269 g/mol. The fraction of sp³-hybridized carbons (Fsp3) is 0.375. The van der Waals surface area contributed by atoms with Crippen LogP contribution in [-0.2, 0) is 4.79 Å². The lowest BCUT2D eigenvalue weighted by Gasteiger charge is -2.09. The SMILES string of the molecule is Cc1ccc(NC(=O)/C(C#N)=C\NC2CCCC2)cc1. The van der Waals surface area contributed by atoms with Crippen molar-refractivity contribution in [3.05, 3.63) is 41.6 Å². The predicted octanol–water partition coefficient (Wildman–Crippen LogP) is 2.87. The molecule has 0 unspecified atom stereocenters. The smallest absolute Gasteiger partial charge is 0.267 e. The van der Waals surface area contributed by atoms with Crippen molar-refractivity contribution in [2.24, 2.45) is 0 Å². The number of anilines is 1. The van der Waals surface area contributed by atoms with Gasteiger partial charge in [0, 0.05) is 17.9 Å². The maximum atomic E-state index is 12.0. The molecule has 4 heteroatoms. The molecule has 4 nitrogen and oxygen atoms in total. The highest BCUT2D eigenvalue weighted by Gasteiger charge is 2.14. The third-order valence-corrected chi connectivity index (χ3v) is 3.49. The van der Waals surface area contributed by atoms with Crippen molar-refractivity contribution in [2.45, 2.75) is 38.6 Å². The standard InChI is InChI=1S/C16H19N3O/c1-12-6-8-15(9-7-12)19-16(20)13(10-17)11-18-14-4-2-3-5-14/h6-9,11,14,18H,2-5H2,1H3,(H,19,20)/b13-11-. The molecule has 0 aromatic heterocycles. The summed E-state index contributed by atoms with van der Waals surface area (Å²) in [5.41, 5.74) is 1.93. The second kappa shape index (κ2) is 6.76. The average molecular weight is 269 g/mol. The van der Waals surface area contributed by atoms with Gasteiger partial charge in [-0.3, -0.25) is 4.79 Å². The second-order valence-corrected chi connectivity index (χ2v) is 5.14. The number of hydrogen-bond donors (Lipinski definition) is 2. The van der Waals surface area contributed by atoms with Crippen molar-refractivity contribution >= 4 is 11.6 Å². The number of nitrogens with zero attached hydrogens (tertiary/aromatic N) is 1. The minimum absolute atomic E-state index is 0.109. The number of aryl methyl sites for hydroxylation is 1. The Kier molecular flexibility index (Phi) is 4.78. The molecule has 1 saturated carbocycles. The Hall–Kier alpha value is -2.28. The molecule has 1 aromatic carbocycles. The molecule has 1 fully saturated rings. The third kappa shape index (κ3) is 3.86. The van der Waals surface area contributed by atoms with E-state index in [1.54, 1.807) is 6.20 Å². The lowest BCUT2D eigenvalue weighted by atomic mass is 10.2. The maximum absolute atomic E-state index is 12.0. The van der Waals surface area contributed by atoms with Gasteiger partial charge in [-0.1, -0.05) is 30.5 Å². The van der Waals surface area contributed by atoms with E-state index >= 15 is 0 Å². The molecular formula is C16H19N3O. The molecule has 20 heavy (non-hydrogen) atoms. The van der Waals surface area contributed by atoms with Crippen molar-refractivity contribution < 1.29 is 4.79 Å². The van der Waals surface area contributed by atoms with Crippen molar-refractivity contribution in [3.63, 3.8) is 0 Å². The summed E-state index contributed by atoms with van der Waals surface area (Å²) in [6.07, 6.45) is 6.18. The lowest BCUT2D eigenvalue weighted by molar-refractivity contribution is -0.112. The number of carbonyl (C=O) groups is 1. The number of hydrogen-bond acceptors (Lipinski definition) is 3. The summed E-state index contributed by atoms with van der Waals surface area (Å²) in [5.74, 6) is -0.373. The molecule has 1 aliphatic rings. The first-order valence-corrected chi connectivity index (χ1v) is 6.93. The van der Waals surface area contributed by atoms with E-state index in [4.69, 9.17) is 5.26 Å². The topological polar surface area (TPSA) is 64.9 Å². The molecule has 1 aliphatic carbocycles. The fourth-order valence-corrected chi connectivity index (χ4v) is 2.28. The Balaban J connectivity index is 1.96. The Morgan fingerprint density at radius 2 is 1.95 bits per heavy atom. The van der Waals surface area contributed by atoms with Gasteiger partial charge in [0.15, 0.2) is 0 Å². The number of amides is 1. The molecule has 0 heterocycles. The first-order valence-electron chi connectivity index (χ1n) is 6.93. The summed E-state index contributed by atoms with van der Waals surface area (Å²) in [6, 6.07) is 9.83. The van der Waals surface area contributed by atoms with E-state index in [0.717, 1.165) is 18.4 Å². The molecule has 1 amide bonds. The molecule has 0 atom stereocenters. The van der Waals surface area contributed by atoms with Crippen LogP contribution in [0.1, 0.15) is 31.2 Å². The molecular weight excluding hydrogens is 250 g/mol. The number of rotatable bonds is 4. The minimum atomic E-state index is -0.373. The predicted molar refractivity (Wildman–Crippen MR) is 78.9 cm³/mol. The average Bonchev–Trinajstić information content (AvgIpc) is 2.95. The largest absolute Gasteiger partial charge is 0.387 e. The fourth-order valence-electron chi connectivity index (χ4n) is 2.28. The van der Waals surface area contributed by atoms with Gasteiger partial charge in [0.2, 0.25) is 0 Å². The third-order valence-electron chi connectivity index (χ3n) is 3.49. The summed E-state index contributed by atoms with van der Waals surface area (Å²) < 4.78 is 0. The Bertz CT molecular complexity index is 534. The Labute approximate surface area is 119 Å². The highest BCUT2D eigenvalue weighted by molar-refractivity contribution is 6.06. The van der Waals surface area contributed by atoms with Crippen LogP contribution in [0.5, 0.6) is 0 Å². The van der Waals surface area contributed by atoms with Gasteiger partial charge in [-0.05, 0) is 31.9 Å². The van der Waals surface area contributed by atoms with E-state index in [9.17, 15) is 4.79 Å². The normalized spacial score (nSPS) is 15.7. The van der Waals surface area contributed by atoms with Crippen LogP contribution < -0.4 is 10.6 Å². The zero-order valence-electron chi connectivity index (χ0n) is 11.6. The lowest BCUT2D eigenvalue weighted by Crippen LogP contribution is -2.23. The molecule has 1 aromatic rings. The number of carbonyl (C=O) groups excluding carboxylic acids is 1. The van der Waals surface area contributed by atoms with Gasteiger partial charge in [-0.15, -0.1) is 0 Å². The number of benzene rings is 1. The first-order chi connectivity index (χ1) is 9.69. The van der Waals surface area contributed by atoms with Crippen LogP contribution in [0.15, 0.2) is 36.0 Å². The van der Waals surface area contributed by atoms with Crippen LogP contribution in [0, 0.1) is 18.3 Å². The van der Waals surface area contributed by atoms with Gasteiger partial charge in [0.1, 0.15) is 11.6 Å². The van der Waals surface area contributed by atoms with E-state index < -0.39 is 0 Å². The zero-order valence-corrected chi connectivity index (χ0v) is 11.6. The molecule has 0 bridgehead atoms. The van der Waals surface area contributed by atoms with Crippen LogP contribution in [0.25, 0.3) is 0 Å². The van der Waals surface area contributed by atoms with E-state index in [2.05, 4.69) is 10.6 Å². The highest BCUT2D eigenvalue weighted by atomic mass is 16.1. The first kappa shape index (κ1) is 14.1. The van der Waals surface area contributed by atoms with E-state index in [-0.39, 0.29) is 11.5 Å². The quantitative estimate of drug-likeness (QED) is 0.652. The molecule has 0 radical (unpaired) electrons. The second-order valence-electron chi connectivity index (χ2n) is 5.14. The summed E-state index contributed by atoms with van der Waals surface area (Å²) in [7, 11) is 0. The van der Waals surface area contributed by atoms with Crippen molar-refractivity contribution in [2.75, 3.05) is 5.32 Å². The number of nitrogens with one attached hydrogen (secondary N) is 2. The van der Waals surface area contributed by atoms with Gasteiger partial charge < -0.3 is 10.6 Å². The van der Waals surface area contributed by atoms with Gasteiger partial charge in [-0.25, -0.2) is 0 Å². The molecule has 0 aliphatic heterocycles. The van der Waals surface area contributed by atoms with Crippen LogP contribution >= 0.6 is 0 Å². The molecule has 0 spiro atoms. The molecule has 2 rings (SSSR count). The van der Waals surface area contributed by atoms with Crippen LogP contribution in [0.2, 0.25) is 0 Å². The van der Waals surface area contributed by atoms with Crippen LogP contribution in [-0.4, -0.2) is 11.9 Å². The Morgan fingerprint density at radius 1 is 1.30 bits per heavy atom. The molecule has 104 valence electrons. The summed E-state index contributed by atoms with van der Waals surface area (Å²) in [5, 5.41) is 15.0. The van der Waals surface area contributed by atoms with Gasteiger partial charge in [-0.2, -0.15) is 5.26 Å². The summed E-state index contributed by atoms with van der Waals surface area (Å²) >= 11 is 0. The van der Waals surface area contributed by atoms with Crippen molar-refractivity contribution in [1.29, 1.82) is 5.26 Å². The maximum Gasteiger partial charge on any atom is 0.267 e. The minimum Gasteiger partial charge on any atom is -0.387 e. The molecule has 0 saturated heterocycles. The Morgan fingerprint density at radius 3 is 2.55 bits per heavy atom. The van der Waals surface area contributed by atoms with Gasteiger partial charge >= 0.3 is 0 Å². The summed E-state index contributed by atoms with van der Waals surface area (Å²) in [6.45, 7) is 1.98. The molecule has 2 N–H and O–H groups in total. The van der Waals surface area contributed by atoms with Crippen LogP contribution in [0.3, 0.4) is 0 Å². The van der Waals surface area contributed by atoms with E-state index in [1.807, 2.05) is 37.3 Å². The highest BCUT2D eigenvalue weighted by Crippen LogP contribution is 2.17. The van der Waals surface area contributed by atoms with E-state index in [1.165, 1.54) is 12.8 Å². The zero-order chi connectivity index (χ0) is 14.4. The number of nitriles is 1. The van der Waals surface area contributed by atoms with Crippen molar-refractivity contribution in [1.82, 2.24) is 5.32 Å². The van der Waals surface area contributed by atoms with Gasteiger partial charge in [0.05, 0.1) is 0 Å². The summed E-state index contributed by atoms with van der Waals surface area (Å²) in [4.78, 5) is 12.0.